The highest BCUT2D eigenvalue weighted by Crippen LogP contribution is 2.36. The van der Waals surface area contributed by atoms with Gasteiger partial charge in [-0.1, -0.05) is 37.5 Å². The van der Waals surface area contributed by atoms with E-state index in [0.29, 0.717) is 18.0 Å². The number of hydrogen-bond donors (Lipinski definition) is 1. The Morgan fingerprint density at radius 3 is 2.57 bits per heavy atom. The van der Waals surface area contributed by atoms with Crippen molar-refractivity contribution in [2.24, 2.45) is 0 Å². The summed E-state index contributed by atoms with van der Waals surface area (Å²) >= 11 is 0. The number of amides is 2. The molecule has 0 saturated heterocycles. The summed E-state index contributed by atoms with van der Waals surface area (Å²) in [5.41, 5.74) is 1.26. The summed E-state index contributed by atoms with van der Waals surface area (Å²) in [7, 11) is 3.25. The lowest BCUT2D eigenvalue weighted by Gasteiger charge is -2.45. The number of hydrogen-bond acceptors (Lipinski definition) is 4. The van der Waals surface area contributed by atoms with E-state index in [1.54, 1.807) is 19.1 Å². The van der Waals surface area contributed by atoms with Crippen molar-refractivity contribution in [2.45, 2.75) is 63.7 Å². The van der Waals surface area contributed by atoms with Gasteiger partial charge < -0.3 is 24.3 Å². The van der Waals surface area contributed by atoms with Crippen molar-refractivity contribution in [2.75, 3.05) is 14.2 Å². The Labute approximate surface area is 206 Å². The molecule has 2 amide bonds. The maximum absolute atomic E-state index is 14.0. The number of nitrogens with zero attached hydrogens (tertiary/aromatic N) is 2. The van der Waals surface area contributed by atoms with Crippen molar-refractivity contribution in [3.05, 3.63) is 59.8 Å². The average Bonchev–Trinajstić information content (AvgIpc) is 3.24. The summed E-state index contributed by atoms with van der Waals surface area (Å²) < 4.78 is 13.0. The molecule has 2 heterocycles. The summed E-state index contributed by atoms with van der Waals surface area (Å²) in [6.45, 7) is 2.52. The van der Waals surface area contributed by atoms with Gasteiger partial charge in [0, 0.05) is 23.1 Å². The van der Waals surface area contributed by atoms with Gasteiger partial charge in [-0.05, 0) is 44.0 Å². The third-order valence-electron chi connectivity index (χ3n) is 7.59. The number of rotatable bonds is 6. The van der Waals surface area contributed by atoms with Crippen LogP contribution in [0.2, 0.25) is 0 Å². The minimum Gasteiger partial charge on any atom is -0.497 e. The molecular formula is C28H33N3O4. The van der Waals surface area contributed by atoms with E-state index in [4.69, 9.17) is 9.47 Å². The van der Waals surface area contributed by atoms with Crippen molar-refractivity contribution in [3.8, 4) is 11.5 Å². The Hall–Kier alpha value is -3.48. The monoisotopic (exact) mass is 475 g/mol. The van der Waals surface area contributed by atoms with Crippen LogP contribution in [0, 0.1) is 0 Å². The SMILES string of the molecule is COc1ccc2cc3n(c2c1)C[C@@](C)(C(=O)NC1CCCCC1)N(Cc1ccccc1OC)C3=O. The molecule has 7 heteroatoms. The van der Waals surface area contributed by atoms with Gasteiger partial charge in [0.25, 0.3) is 5.91 Å². The molecule has 0 unspecified atom stereocenters. The molecule has 1 N–H and O–H groups in total. The molecule has 184 valence electrons. The van der Waals surface area contributed by atoms with Crippen molar-refractivity contribution in [3.63, 3.8) is 0 Å². The molecule has 0 spiro atoms. The molecule has 1 aliphatic carbocycles. The van der Waals surface area contributed by atoms with E-state index in [0.717, 1.165) is 47.9 Å². The number of methoxy groups -OCH3 is 2. The summed E-state index contributed by atoms with van der Waals surface area (Å²) in [6.07, 6.45) is 5.42. The fourth-order valence-corrected chi connectivity index (χ4v) is 5.50. The highest BCUT2D eigenvalue weighted by atomic mass is 16.5. The Kier molecular flexibility index (Phi) is 6.17. The lowest BCUT2D eigenvalue weighted by molar-refractivity contribution is -0.134. The number of ether oxygens (including phenoxy) is 2. The van der Waals surface area contributed by atoms with Crippen LogP contribution in [0.25, 0.3) is 10.9 Å². The molecule has 7 nitrogen and oxygen atoms in total. The van der Waals surface area contributed by atoms with Crippen LogP contribution in [0.5, 0.6) is 11.5 Å². The number of benzene rings is 2. The van der Waals surface area contributed by atoms with Gasteiger partial charge in [0.15, 0.2) is 0 Å². The lowest BCUT2D eigenvalue weighted by atomic mass is 9.91. The second kappa shape index (κ2) is 9.29. The first-order valence-electron chi connectivity index (χ1n) is 12.4. The molecule has 5 rings (SSSR count). The normalized spacial score (nSPS) is 20.5. The summed E-state index contributed by atoms with van der Waals surface area (Å²) in [4.78, 5) is 29.6. The molecule has 1 aromatic heterocycles. The van der Waals surface area contributed by atoms with Crippen molar-refractivity contribution in [1.29, 1.82) is 0 Å². The molecule has 2 aromatic carbocycles. The topological polar surface area (TPSA) is 72.8 Å². The predicted octanol–water partition coefficient (Wildman–Crippen LogP) is 4.52. The highest BCUT2D eigenvalue weighted by molar-refractivity contribution is 6.03. The van der Waals surface area contributed by atoms with Gasteiger partial charge in [0.1, 0.15) is 22.7 Å². The summed E-state index contributed by atoms with van der Waals surface area (Å²) in [5, 5.41) is 4.23. The molecule has 1 saturated carbocycles. The molecule has 0 bridgehead atoms. The zero-order chi connectivity index (χ0) is 24.6. The van der Waals surface area contributed by atoms with Gasteiger partial charge in [-0.3, -0.25) is 9.59 Å². The minimum atomic E-state index is -1.07. The first-order valence-corrected chi connectivity index (χ1v) is 12.4. The van der Waals surface area contributed by atoms with Crippen LogP contribution in [0.3, 0.4) is 0 Å². The van der Waals surface area contributed by atoms with Crippen LogP contribution in [0.1, 0.15) is 55.1 Å². The van der Waals surface area contributed by atoms with Gasteiger partial charge in [0.05, 0.1) is 32.8 Å². The Balaban J connectivity index is 1.58. The van der Waals surface area contributed by atoms with Gasteiger partial charge in [-0.15, -0.1) is 0 Å². The van der Waals surface area contributed by atoms with Gasteiger partial charge in [0.2, 0.25) is 5.91 Å². The maximum atomic E-state index is 14.0. The van der Waals surface area contributed by atoms with Crippen molar-refractivity contribution in [1.82, 2.24) is 14.8 Å². The molecule has 3 aromatic rings. The van der Waals surface area contributed by atoms with E-state index in [2.05, 4.69) is 5.32 Å². The van der Waals surface area contributed by atoms with E-state index in [1.165, 1.54) is 6.42 Å². The van der Waals surface area contributed by atoms with Crippen LogP contribution >= 0.6 is 0 Å². The first kappa shape index (κ1) is 23.3. The molecule has 0 radical (unpaired) electrons. The van der Waals surface area contributed by atoms with Gasteiger partial charge >= 0.3 is 0 Å². The van der Waals surface area contributed by atoms with Crippen LogP contribution in [-0.2, 0) is 17.9 Å². The lowest BCUT2D eigenvalue weighted by Crippen LogP contribution is -2.64. The van der Waals surface area contributed by atoms with Gasteiger partial charge in [-0.2, -0.15) is 0 Å². The van der Waals surface area contributed by atoms with Crippen molar-refractivity contribution < 1.29 is 19.1 Å². The fourth-order valence-electron chi connectivity index (χ4n) is 5.50. The zero-order valence-corrected chi connectivity index (χ0v) is 20.7. The number of carbonyl (C=O) groups is 2. The molecular weight excluding hydrogens is 442 g/mol. The van der Waals surface area contributed by atoms with Gasteiger partial charge in [-0.25, -0.2) is 0 Å². The molecule has 1 aliphatic heterocycles. The van der Waals surface area contributed by atoms with E-state index in [9.17, 15) is 9.59 Å². The van der Waals surface area contributed by atoms with E-state index in [1.807, 2.05) is 60.0 Å². The molecule has 35 heavy (non-hydrogen) atoms. The zero-order valence-electron chi connectivity index (χ0n) is 20.7. The number of carbonyl (C=O) groups excluding carboxylic acids is 2. The largest absolute Gasteiger partial charge is 0.497 e. The second-order valence-corrected chi connectivity index (χ2v) is 9.83. The van der Waals surface area contributed by atoms with E-state index >= 15 is 0 Å². The van der Waals surface area contributed by atoms with Crippen LogP contribution in [0.15, 0.2) is 48.5 Å². The van der Waals surface area contributed by atoms with E-state index in [-0.39, 0.29) is 24.4 Å². The average molecular weight is 476 g/mol. The standard InChI is InChI=1S/C28H33N3O4/c1-28(27(33)29-21-10-5-4-6-11-21)18-30-23-16-22(34-2)14-13-19(23)15-24(30)26(32)31(28)17-20-9-7-8-12-25(20)35-3/h7-9,12-16,21H,4-6,10-11,17-18H2,1-3H3,(H,29,33)/t28-/m0/s1. The Morgan fingerprint density at radius 1 is 1.06 bits per heavy atom. The van der Waals surface area contributed by atoms with Crippen LogP contribution in [0.4, 0.5) is 0 Å². The second-order valence-electron chi connectivity index (χ2n) is 9.83. The smallest absolute Gasteiger partial charge is 0.271 e. The van der Waals surface area contributed by atoms with Crippen LogP contribution in [-0.4, -0.2) is 47.1 Å². The Bertz CT molecular complexity index is 1260. The number of fused-ring (bicyclic) bond motifs is 3. The van der Waals surface area contributed by atoms with Crippen LogP contribution < -0.4 is 14.8 Å². The van der Waals surface area contributed by atoms with Crippen molar-refractivity contribution >= 4 is 22.7 Å². The highest BCUT2D eigenvalue weighted by Gasteiger charge is 2.48. The Morgan fingerprint density at radius 2 is 1.83 bits per heavy atom. The maximum Gasteiger partial charge on any atom is 0.271 e. The number of aromatic nitrogens is 1. The first-order chi connectivity index (χ1) is 16.9. The molecule has 2 aliphatic rings. The summed E-state index contributed by atoms with van der Waals surface area (Å²) in [6, 6.07) is 15.5. The molecule has 1 fully saturated rings. The third kappa shape index (κ3) is 4.13. The fraction of sp³-hybridized carbons (Fsp3) is 0.429. The van der Waals surface area contributed by atoms with E-state index < -0.39 is 5.54 Å². The predicted molar refractivity (Wildman–Crippen MR) is 135 cm³/mol. The molecule has 1 atom stereocenters. The third-order valence-corrected chi connectivity index (χ3v) is 7.59. The summed E-state index contributed by atoms with van der Waals surface area (Å²) in [5.74, 6) is 1.14. The number of nitrogens with one attached hydrogen (secondary N) is 1. The number of para-hydroxylation sites is 1. The quantitative estimate of drug-likeness (QED) is 0.569. The minimum absolute atomic E-state index is 0.108.